The van der Waals surface area contributed by atoms with Crippen molar-refractivity contribution in [2.24, 2.45) is 0 Å². The van der Waals surface area contributed by atoms with Crippen LogP contribution in [0.25, 0.3) is 5.76 Å². The number of aryl methyl sites for hydroxylation is 1. The van der Waals surface area contributed by atoms with Crippen molar-refractivity contribution in [3.8, 4) is 0 Å². The molecule has 0 bridgehead atoms. The molecule has 1 aromatic heterocycles. The lowest BCUT2D eigenvalue weighted by Crippen LogP contribution is -2.44. The van der Waals surface area contributed by atoms with Gasteiger partial charge in [-0.15, -0.1) is 0 Å². The summed E-state index contributed by atoms with van der Waals surface area (Å²) in [4.78, 5) is 33.0. The van der Waals surface area contributed by atoms with Crippen molar-refractivity contribution in [3.05, 3.63) is 88.9 Å². The average molecular weight is 514 g/mol. The number of carbonyl (C=O) groups is 2. The van der Waals surface area contributed by atoms with Gasteiger partial charge in [0.15, 0.2) is 0 Å². The highest BCUT2D eigenvalue weighted by Crippen LogP contribution is 2.43. The highest BCUT2D eigenvalue weighted by Gasteiger charge is 2.48. The van der Waals surface area contributed by atoms with Gasteiger partial charge >= 0.3 is 0 Å². The molecule has 0 spiro atoms. The monoisotopic (exact) mass is 513 g/mol. The minimum Gasteiger partial charge on any atom is -0.507 e. The summed E-state index contributed by atoms with van der Waals surface area (Å²) >= 11 is 0. The molecule has 3 aromatic rings. The average Bonchev–Trinajstić information content (AvgIpc) is 3.51. The maximum atomic E-state index is 13.5. The van der Waals surface area contributed by atoms with Crippen LogP contribution in [0.15, 0.2) is 70.9 Å². The summed E-state index contributed by atoms with van der Waals surface area (Å²) in [5, 5.41) is 11.6. The molecule has 0 aliphatic carbocycles. The summed E-state index contributed by atoms with van der Waals surface area (Å²) < 4.78 is 5.72. The molecule has 2 fully saturated rings. The van der Waals surface area contributed by atoms with Crippen molar-refractivity contribution in [1.29, 1.82) is 0 Å². The zero-order valence-corrected chi connectivity index (χ0v) is 22.7. The second kappa shape index (κ2) is 9.80. The Morgan fingerprint density at radius 1 is 0.947 bits per heavy atom. The Balaban J connectivity index is 1.58. The minimum atomic E-state index is -0.878. The number of aliphatic hydroxyl groups excluding tert-OH is 1. The Hall–Kier alpha value is -3.84. The molecule has 2 aliphatic heterocycles. The van der Waals surface area contributed by atoms with Crippen LogP contribution in [-0.4, -0.2) is 54.9 Å². The van der Waals surface area contributed by atoms with Crippen molar-refractivity contribution in [3.63, 3.8) is 0 Å². The van der Waals surface area contributed by atoms with Gasteiger partial charge in [-0.1, -0.05) is 32.9 Å². The molecule has 7 heteroatoms. The summed E-state index contributed by atoms with van der Waals surface area (Å²) in [6.07, 6.45) is 1.51. The van der Waals surface area contributed by atoms with Crippen molar-refractivity contribution < 1.29 is 19.1 Å². The number of Topliss-reactive ketones (excluding diaryl/α,β-unsaturated/α-hetero) is 1. The predicted molar refractivity (Wildman–Crippen MR) is 150 cm³/mol. The predicted octanol–water partition coefficient (Wildman–Crippen LogP) is 5.26. The number of furan rings is 1. The number of benzene rings is 2. The maximum Gasteiger partial charge on any atom is 0.300 e. The van der Waals surface area contributed by atoms with Crippen molar-refractivity contribution >= 4 is 28.8 Å². The van der Waals surface area contributed by atoms with E-state index in [4.69, 9.17) is 4.42 Å². The second-order valence-corrected chi connectivity index (χ2v) is 11.3. The summed E-state index contributed by atoms with van der Waals surface area (Å²) in [5.41, 5.74) is 3.90. The van der Waals surface area contributed by atoms with Crippen LogP contribution in [0.4, 0.5) is 11.4 Å². The number of aliphatic hydroxyl groups is 1. The highest BCUT2D eigenvalue weighted by molar-refractivity contribution is 6.51. The van der Waals surface area contributed by atoms with Crippen LogP contribution in [0.5, 0.6) is 0 Å². The fraction of sp³-hybridized carbons (Fsp3) is 0.355. The van der Waals surface area contributed by atoms with Crippen LogP contribution < -0.4 is 9.80 Å². The number of anilines is 2. The molecule has 198 valence electrons. The molecule has 1 unspecified atom stereocenters. The van der Waals surface area contributed by atoms with E-state index in [0.29, 0.717) is 17.0 Å². The Morgan fingerprint density at radius 3 is 2.21 bits per heavy atom. The number of hydrogen-bond donors (Lipinski definition) is 1. The van der Waals surface area contributed by atoms with Gasteiger partial charge in [-0.3, -0.25) is 14.5 Å². The summed E-state index contributed by atoms with van der Waals surface area (Å²) in [5.74, 6) is -1.19. The van der Waals surface area contributed by atoms with E-state index in [2.05, 4.69) is 37.6 Å². The number of nitrogens with zero attached hydrogens (tertiary/aromatic N) is 3. The number of rotatable bonds is 4. The van der Waals surface area contributed by atoms with Crippen LogP contribution >= 0.6 is 0 Å². The van der Waals surface area contributed by atoms with E-state index in [9.17, 15) is 14.7 Å². The molecule has 38 heavy (non-hydrogen) atoms. The smallest absolute Gasteiger partial charge is 0.300 e. The van der Waals surface area contributed by atoms with Crippen LogP contribution in [0.2, 0.25) is 0 Å². The maximum absolute atomic E-state index is 13.5. The van der Waals surface area contributed by atoms with Crippen LogP contribution in [0.1, 0.15) is 49.3 Å². The first-order valence-corrected chi connectivity index (χ1v) is 13.1. The van der Waals surface area contributed by atoms with E-state index >= 15 is 0 Å². The highest BCUT2D eigenvalue weighted by atomic mass is 16.3. The SMILES string of the molecule is Cc1ccc(C(C)(C)C)cc1/C(O)=C1\C(=O)C(=O)N(c2ccc(N3CCN(C)CC3)cc2)C1c1ccco1. The number of likely N-dealkylation sites (N-methyl/N-ethyl adjacent to an activating group) is 1. The summed E-state index contributed by atoms with van der Waals surface area (Å²) in [7, 11) is 2.12. The summed E-state index contributed by atoms with van der Waals surface area (Å²) in [6, 6.07) is 16.1. The van der Waals surface area contributed by atoms with E-state index in [-0.39, 0.29) is 16.7 Å². The fourth-order valence-corrected chi connectivity index (χ4v) is 5.19. The second-order valence-electron chi connectivity index (χ2n) is 11.3. The van der Waals surface area contributed by atoms with Gasteiger partial charge in [0.1, 0.15) is 17.6 Å². The third kappa shape index (κ3) is 4.63. The van der Waals surface area contributed by atoms with E-state index < -0.39 is 17.7 Å². The van der Waals surface area contributed by atoms with Gasteiger partial charge < -0.3 is 19.3 Å². The normalized spacial score (nSPS) is 20.4. The largest absolute Gasteiger partial charge is 0.507 e. The van der Waals surface area contributed by atoms with Gasteiger partial charge in [0, 0.05) is 43.1 Å². The van der Waals surface area contributed by atoms with E-state index in [0.717, 1.165) is 43.0 Å². The molecular formula is C31H35N3O4. The molecule has 5 rings (SSSR count). The molecule has 2 aromatic carbocycles. The van der Waals surface area contributed by atoms with Crippen LogP contribution in [-0.2, 0) is 15.0 Å². The van der Waals surface area contributed by atoms with Crippen LogP contribution in [0.3, 0.4) is 0 Å². The summed E-state index contributed by atoms with van der Waals surface area (Å²) in [6.45, 7) is 12.0. The molecule has 2 aliphatic rings. The lowest BCUT2D eigenvalue weighted by molar-refractivity contribution is -0.132. The number of amides is 1. The number of hydrogen-bond acceptors (Lipinski definition) is 6. The first kappa shape index (κ1) is 25.8. The Bertz CT molecular complexity index is 1380. The van der Waals surface area contributed by atoms with E-state index in [1.807, 2.05) is 49.4 Å². The molecule has 1 atom stereocenters. The lowest BCUT2D eigenvalue weighted by atomic mass is 9.84. The fourth-order valence-electron chi connectivity index (χ4n) is 5.19. The van der Waals surface area contributed by atoms with Crippen LogP contribution in [0, 0.1) is 6.92 Å². The molecule has 0 radical (unpaired) electrons. The molecule has 3 heterocycles. The van der Waals surface area contributed by atoms with Gasteiger partial charge in [-0.25, -0.2) is 0 Å². The van der Waals surface area contributed by atoms with Crippen molar-refractivity contribution in [2.45, 2.75) is 39.2 Å². The molecule has 0 saturated carbocycles. The third-order valence-electron chi connectivity index (χ3n) is 7.61. The zero-order valence-electron chi connectivity index (χ0n) is 22.7. The van der Waals surface area contributed by atoms with Gasteiger partial charge in [0.25, 0.3) is 11.7 Å². The molecular weight excluding hydrogens is 478 g/mol. The van der Waals surface area contributed by atoms with Gasteiger partial charge in [0.05, 0.1) is 11.8 Å². The van der Waals surface area contributed by atoms with Crippen molar-refractivity contribution in [1.82, 2.24) is 4.90 Å². The molecule has 7 nitrogen and oxygen atoms in total. The Morgan fingerprint density at radius 2 is 1.61 bits per heavy atom. The van der Waals surface area contributed by atoms with Gasteiger partial charge in [-0.2, -0.15) is 0 Å². The molecule has 2 saturated heterocycles. The molecule has 1 N–H and O–H groups in total. The number of ketones is 1. The topological polar surface area (TPSA) is 77.2 Å². The van der Waals surface area contributed by atoms with Crippen molar-refractivity contribution in [2.75, 3.05) is 43.0 Å². The third-order valence-corrected chi connectivity index (χ3v) is 7.61. The number of carbonyl (C=O) groups excluding carboxylic acids is 2. The first-order chi connectivity index (χ1) is 18.1. The van der Waals surface area contributed by atoms with E-state index in [1.165, 1.54) is 11.2 Å². The zero-order chi connectivity index (χ0) is 27.2. The lowest BCUT2D eigenvalue weighted by Gasteiger charge is -2.34. The van der Waals surface area contributed by atoms with E-state index in [1.54, 1.807) is 12.1 Å². The quantitative estimate of drug-likeness (QED) is 0.291. The minimum absolute atomic E-state index is 0.0299. The van der Waals surface area contributed by atoms with Gasteiger partial charge in [-0.05, 0) is 73.0 Å². The standard InChI is InChI=1S/C31H35N3O4/c1-20-8-9-21(31(2,3)4)19-24(20)28(35)26-27(25-7-6-18-38-25)34(30(37)29(26)36)23-12-10-22(11-13-23)33-16-14-32(5)15-17-33/h6-13,18-19,27,35H,14-17H2,1-5H3/b28-26+. The first-order valence-electron chi connectivity index (χ1n) is 13.1. The Labute approximate surface area is 224 Å². The number of piperazine rings is 1. The van der Waals surface area contributed by atoms with Gasteiger partial charge in [0.2, 0.25) is 0 Å². The molecule has 1 amide bonds. The Kier molecular flexibility index (Phi) is 6.65.